The van der Waals surface area contributed by atoms with E-state index >= 15 is 0 Å². The summed E-state index contributed by atoms with van der Waals surface area (Å²) in [5.41, 5.74) is 0.426. The first-order valence-corrected chi connectivity index (χ1v) is 7.09. The Morgan fingerprint density at radius 2 is 2.10 bits per heavy atom. The second kappa shape index (κ2) is 8.94. The smallest absolute Gasteiger partial charge is 0.246 e. The SMILES string of the molecule is CCNC(=NCC(=O)Nc1cccc(F)c1)NCC(C)C. The highest BCUT2D eigenvalue weighted by molar-refractivity contribution is 5.94. The Bertz CT molecular complexity index is 488. The van der Waals surface area contributed by atoms with Crippen LogP contribution < -0.4 is 16.0 Å². The highest BCUT2D eigenvalue weighted by Gasteiger charge is 2.04. The summed E-state index contributed by atoms with van der Waals surface area (Å²) in [5, 5.41) is 8.82. The Morgan fingerprint density at radius 3 is 2.71 bits per heavy atom. The topological polar surface area (TPSA) is 65.5 Å². The van der Waals surface area contributed by atoms with Crippen LogP contribution in [0.3, 0.4) is 0 Å². The molecular weight excluding hydrogens is 271 g/mol. The molecule has 0 saturated carbocycles. The third-order valence-corrected chi connectivity index (χ3v) is 2.51. The molecule has 0 spiro atoms. The summed E-state index contributed by atoms with van der Waals surface area (Å²) in [5.74, 6) is 0.404. The molecule has 0 aliphatic rings. The maximum absolute atomic E-state index is 13.0. The third-order valence-electron chi connectivity index (χ3n) is 2.51. The molecule has 3 N–H and O–H groups in total. The Kier molecular flexibility index (Phi) is 7.21. The van der Waals surface area contributed by atoms with Crippen molar-refractivity contribution in [3.8, 4) is 0 Å². The Labute approximate surface area is 125 Å². The summed E-state index contributed by atoms with van der Waals surface area (Å²) in [4.78, 5) is 16.0. The number of carbonyl (C=O) groups is 1. The van der Waals surface area contributed by atoms with E-state index in [2.05, 4.69) is 34.8 Å². The van der Waals surface area contributed by atoms with Gasteiger partial charge < -0.3 is 16.0 Å². The van der Waals surface area contributed by atoms with Gasteiger partial charge in [-0.15, -0.1) is 0 Å². The van der Waals surface area contributed by atoms with Crippen LogP contribution in [0.5, 0.6) is 0 Å². The van der Waals surface area contributed by atoms with Gasteiger partial charge in [-0.1, -0.05) is 19.9 Å². The molecule has 1 rings (SSSR count). The van der Waals surface area contributed by atoms with Gasteiger partial charge in [0.05, 0.1) is 0 Å². The molecule has 6 heteroatoms. The first kappa shape index (κ1) is 16.9. The lowest BCUT2D eigenvalue weighted by atomic mass is 10.2. The Balaban J connectivity index is 2.52. The fraction of sp³-hybridized carbons (Fsp3) is 0.467. The summed E-state index contributed by atoms with van der Waals surface area (Å²) < 4.78 is 13.0. The number of nitrogens with zero attached hydrogens (tertiary/aromatic N) is 1. The minimum Gasteiger partial charge on any atom is -0.357 e. The maximum atomic E-state index is 13.0. The van der Waals surface area contributed by atoms with Gasteiger partial charge in [-0.25, -0.2) is 9.38 Å². The van der Waals surface area contributed by atoms with E-state index in [0.717, 1.165) is 13.1 Å². The number of carbonyl (C=O) groups excluding carboxylic acids is 1. The van der Waals surface area contributed by atoms with E-state index in [1.807, 2.05) is 6.92 Å². The van der Waals surface area contributed by atoms with E-state index in [4.69, 9.17) is 0 Å². The van der Waals surface area contributed by atoms with Crippen molar-refractivity contribution in [2.24, 2.45) is 10.9 Å². The molecule has 0 aromatic heterocycles. The molecule has 5 nitrogen and oxygen atoms in total. The summed E-state index contributed by atoms with van der Waals surface area (Å²) in [6.45, 7) is 7.61. The van der Waals surface area contributed by atoms with E-state index in [0.29, 0.717) is 17.6 Å². The molecule has 1 aromatic carbocycles. The monoisotopic (exact) mass is 294 g/mol. The average molecular weight is 294 g/mol. The van der Waals surface area contributed by atoms with Crippen LogP contribution in [0.4, 0.5) is 10.1 Å². The number of hydrogen-bond acceptors (Lipinski definition) is 2. The number of benzene rings is 1. The van der Waals surface area contributed by atoms with Crippen LogP contribution in [0.25, 0.3) is 0 Å². The third kappa shape index (κ3) is 7.29. The molecule has 1 amide bonds. The van der Waals surface area contributed by atoms with Crippen LogP contribution in [-0.2, 0) is 4.79 Å². The summed E-state index contributed by atoms with van der Waals surface area (Å²) >= 11 is 0. The summed E-state index contributed by atoms with van der Waals surface area (Å²) in [6.07, 6.45) is 0. The van der Waals surface area contributed by atoms with E-state index in [1.165, 1.54) is 12.1 Å². The van der Waals surface area contributed by atoms with Gasteiger partial charge in [-0.2, -0.15) is 0 Å². The fourth-order valence-electron chi connectivity index (χ4n) is 1.56. The van der Waals surface area contributed by atoms with Crippen molar-refractivity contribution in [1.29, 1.82) is 0 Å². The second-order valence-corrected chi connectivity index (χ2v) is 5.03. The van der Waals surface area contributed by atoms with Gasteiger partial charge in [0.15, 0.2) is 5.96 Å². The molecule has 0 atom stereocenters. The lowest BCUT2D eigenvalue weighted by Crippen LogP contribution is -2.39. The van der Waals surface area contributed by atoms with Gasteiger partial charge in [0.2, 0.25) is 5.91 Å². The number of rotatable bonds is 6. The molecule has 0 unspecified atom stereocenters. The fourth-order valence-corrected chi connectivity index (χ4v) is 1.56. The van der Waals surface area contributed by atoms with Crippen molar-refractivity contribution in [2.75, 3.05) is 25.0 Å². The number of aliphatic imine (C=N–C) groups is 1. The van der Waals surface area contributed by atoms with Crippen LogP contribution in [-0.4, -0.2) is 31.5 Å². The Morgan fingerprint density at radius 1 is 1.33 bits per heavy atom. The zero-order valence-corrected chi connectivity index (χ0v) is 12.7. The lowest BCUT2D eigenvalue weighted by molar-refractivity contribution is -0.114. The number of guanidine groups is 1. The minimum absolute atomic E-state index is 0.0239. The van der Waals surface area contributed by atoms with E-state index in [9.17, 15) is 9.18 Å². The van der Waals surface area contributed by atoms with Crippen LogP contribution in [0.15, 0.2) is 29.3 Å². The second-order valence-electron chi connectivity index (χ2n) is 5.03. The molecule has 0 bridgehead atoms. The molecule has 0 saturated heterocycles. The molecular formula is C15H23FN4O. The molecule has 0 aliphatic heterocycles. The summed E-state index contributed by atoms with van der Waals surface area (Å²) in [7, 11) is 0. The van der Waals surface area contributed by atoms with E-state index in [-0.39, 0.29) is 18.3 Å². The zero-order chi connectivity index (χ0) is 15.7. The Hall–Kier alpha value is -2.11. The lowest BCUT2D eigenvalue weighted by Gasteiger charge is -2.12. The van der Waals surface area contributed by atoms with Crippen molar-refractivity contribution in [3.63, 3.8) is 0 Å². The normalized spacial score (nSPS) is 11.4. The minimum atomic E-state index is -0.386. The quantitative estimate of drug-likeness (QED) is 0.555. The summed E-state index contributed by atoms with van der Waals surface area (Å²) in [6, 6.07) is 5.77. The molecule has 116 valence electrons. The van der Waals surface area contributed by atoms with Crippen molar-refractivity contribution in [3.05, 3.63) is 30.1 Å². The largest absolute Gasteiger partial charge is 0.357 e. The van der Waals surface area contributed by atoms with Crippen molar-refractivity contribution < 1.29 is 9.18 Å². The van der Waals surface area contributed by atoms with Crippen molar-refractivity contribution >= 4 is 17.6 Å². The predicted molar refractivity (Wildman–Crippen MR) is 83.8 cm³/mol. The number of anilines is 1. The van der Waals surface area contributed by atoms with E-state index < -0.39 is 0 Å². The van der Waals surface area contributed by atoms with Crippen LogP contribution in [0.1, 0.15) is 20.8 Å². The first-order valence-electron chi connectivity index (χ1n) is 7.09. The number of amides is 1. The van der Waals surface area contributed by atoms with Crippen LogP contribution >= 0.6 is 0 Å². The van der Waals surface area contributed by atoms with Gasteiger partial charge in [-0.05, 0) is 31.0 Å². The highest BCUT2D eigenvalue weighted by atomic mass is 19.1. The van der Waals surface area contributed by atoms with Gasteiger partial charge >= 0.3 is 0 Å². The average Bonchev–Trinajstić information content (AvgIpc) is 2.42. The number of nitrogens with one attached hydrogen (secondary N) is 3. The molecule has 0 radical (unpaired) electrons. The number of halogens is 1. The molecule has 0 aliphatic carbocycles. The first-order chi connectivity index (χ1) is 10.0. The predicted octanol–water partition coefficient (Wildman–Crippen LogP) is 1.98. The van der Waals surface area contributed by atoms with Crippen LogP contribution in [0, 0.1) is 11.7 Å². The van der Waals surface area contributed by atoms with E-state index in [1.54, 1.807) is 12.1 Å². The standard InChI is InChI=1S/C15H23FN4O/c1-4-17-15(18-9-11(2)3)19-10-14(21)20-13-7-5-6-12(16)8-13/h5-8,11H,4,9-10H2,1-3H3,(H,20,21)(H2,17,18,19). The molecule has 0 fully saturated rings. The number of hydrogen-bond donors (Lipinski definition) is 3. The highest BCUT2D eigenvalue weighted by Crippen LogP contribution is 2.08. The molecule has 0 heterocycles. The van der Waals surface area contributed by atoms with Gasteiger partial charge in [0.25, 0.3) is 0 Å². The molecule has 21 heavy (non-hydrogen) atoms. The van der Waals surface area contributed by atoms with Gasteiger partial charge in [-0.3, -0.25) is 4.79 Å². The van der Waals surface area contributed by atoms with Gasteiger partial charge in [0.1, 0.15) is 12.4 Å². The molecule has 1 aromatic rings. The van der Waals surface area contributed by atoms with Crippen LogP contribution in [0.2, 0.25) is 0 Å². The maximum Gasteiger partial charge on any atom is 0.246 e. The van der Waals surface area contributed by atoms with Crippen molar-refractivity contribution in [2.45, 2.75) is 20.8 Å². The van der Waals surface area contributed by atoms with Gasteiger partial charge in [0, 0.05) is 18.8 Å². The van der Waals surface area contributed by atoms with Crippen molar-refractivity contribution in [1.82, 2.24) is 10.6 Å². The zero-order valence-electron chi connectivity index (χ0n) is 12.7.